The molecule has 2 aliphatic carbocycles. The maximum Gasteiger partial charge on any atom is 0.390 e. The second kappa shape index (κ2) is 6.42. The Morgan fingerprint density at radius 2 is 2.04 bits per heavy atom. The molecule has 2 N–H and O–H groups in total. The number of halogens is 3. The van der Waals surface area contributed by atoms with Gasteiger partial charge < -0.3 is 10.6 Å². The average Bonchev–Trinajstić information content (AvgIpc) is 3.02. The molecule has 1 fully saturated rings. The number of hydrogen-bond acceptors (Lipinski definition) is 1. The van der Waals surface area contributed by atoms with E-state index in [1.54, 1.807) is 0 Å². The van der Waals surface area contributed by atoms with E-state index in [4.69, 9.17) is 0 Å². The lowest BCUT2D eigenvalue weighted by Gasteiger charge is -2.13. The molecule has 6 heteroatoms. The molecule has 23 heavy (non-hydrogen) atoms. The quantitative estimate of drug-likeness (QED) is 0.645. The van der Waals surface area contributed by atoms with Gasteiger partial charge in [0, 0.05) is 19.6 Å². The van der Waals surface area contributed by atoms with Gasteiger partial charge in [0.15, 0.2) is 5.96 Å². The van der Waals surface area contributed by atoms with Crippen LogP contribution < -0.4 is 10.6 Å². The number of aliphatic imine (C=N–C) groups is 1. The minimum absolute atomic E-state index is 0.143. The Bertz CT molecular complexity index is 583. The summed E-state index contributed by atoms with van der Waals surface area (Å²) in [6.45, 7) is 3.07. The number of rotatable bonds is 5. The monoisotopic (exact) mass is 325 g/mol. The number of guanidine groups is 1. The maximum absolute atomic E-state index is 12.2. The van der Waals surface area contributed by atoms with E-state index in [1.807, 2.05) is 6.92 Å². The predicted molar refractivity (Wildman–Crippen MR) is 84.5 cm³/mol. The normalized spacial score (nSPS) is 25.7. The molecule has 0 bridgehead atoms. The lowest BCUT2D eigenvalue weighted by atomic mass is 10.0. The largest absolute Gasteiger partial charge is 0.390 e. The van der Waals surface area contributed by atoms with Gasteiger partial charge in [0.05, 0.1) is 6.42 Å². The van der Waals surface area contributed by atoms with Crippen LogP contribution in [-0.2, 0) is 6.42 Å². The second-order valence-corrected chi connectivity index (χ2v) is 6.27. The minimum Gasteiger partial charge on any atom is -0.357 e. The van der Waals surface area contributed by atoms with Crippen LogP contribution in [0.2, 0.25) is 0 Å². The van der Waals surface area contributed by atoms with Crippen LogP contribution in [-0.4, -0.2) is 31.8 Å². The molecule has 1 aromatic carbocycles. The maximum atomic E-state index is 12.2. The molecule has 2 aliphatic rings. The summed E-state index contributed by atoms with van der Waals surface area (Å²) in [7, 11) is 0. The van der Waals surface area contributed by atoms with Crippen molar-refractivity contribution in [3.8, 4) is 0 Å². The summed E-state index contributed by atoms with van der Waals surface area (Å²) >= 11 is 0. The molecular weight excluding hydrogens is 303 g/mol. The van der Waals surface area contributed by atoms with Crippen LogP contribution in [0.15, 0.2) is 29.3 Å². The molecule has 0 heterocycles. The van der Waals surface area contributed by atoms with Crippen molar-refractivity contribution >= 4 is 5.96 Å². The summed E-state index contributed by atoms with van der Waals surface area (Å²) in [5, 5.41) is 5.77. The van der Waals surface area contributed by atoms with Gasteiger partial charge in [-0.2, -0.15) is 13.2 Å². The Morgan fingerprint density at radius 3 is 2.78 bits per heavy atom. The summed E-state index contributed by atoms with van der Waals surface area (Å²) in [6.07, 6.45) is -3.87. The Kier molecular flexibility index (Phi) is 4.50. The van der Waals surface area contributed by atoms with Gasteiger partial charge in [0.1, 0.15) is 0 Å². The van der Waals surface area contributed by atoms with E-state index in [-0.39, 0.29) is 6.54 Å². The fourth-order valence-electron chi connectivity index (χ4n) is 3.59. The highest BCUT2D eigenvalue weighted by Gasteiger charge is 2.54. The van der Waals surface area contributed by atoms with Gasteiger partial charge in [-0.1, -0.05) is 24.3 Å². The van der Waals surface area contributed by atoms with Gasteiger partial charge in [0.25, 0.3) is 0 Å². The molecular formula is C17H22F3N3. The standard InChI is InChI=1S/C17H22F3N3/c1-2-21-16(22-8-7-17(18,19)20)23-10-14-13-9-11-5-3-4-6-12(11)15(13)14/h3-6,13-15H,2,7-10H2,1H3,(H2,21,22,23). The molecule has 1 aromatic rings. The van der Waals surface area contributed by atoms with E-state index >= 15 is 0 Å². The topological polar surface area (TPSA) is 36.4 Å². The van der Waals surface area contributed by atoms with Crippen LogP contribution >= 0.6 is 0 Å². The van der Waals surface area contributed by atoms with Crippen molar-refractivity contribution in [3.05, 3.63) is 35.4 Å². The van der Waals surface area contributed by atoms with E-state index in [0.717, 1.165) is 6.42 Å². The van der Waals surface area contributed by atoms with Crippen LogP contribution in [0.3, 0.4) is 0 Å². The zero-order valence-corrected chi connectivity index (χ0v) is 13.2. The lowest BCUT2D eigenvalue weighted by molar-refractivity contribution is -0.132. The van der Waals surface area contributed by atoms with Gasteiger partial charge in [-0.3, -0.25) is 4.99 Å². The summed E-state index contributed by atoms with van der Waals surface area (Å²) in [4.78, 5) is 4.48. The molecule has 1 saturated carbocycles. The van der Waals surface area contributed by atoms with E-state index < -0.39 is 12.6 Å². The fraction of sp³-hybridized carbons (Fsp3) is 0.588. The van der Waals surface area contributed by atoms with Gasteiger partial charge >= 0.3 is 6.18 Å². The van der Waals surface area contributed by atoms with Crippen molar-refractivity contribution in [2.45, 2.75) is 31.9 Å². The molecule has 0 aliphatic heterocycles. The van der Waals surface area contributed by atoms with Crippen molar-refractivity contribution in [3.63, 3.8) is 0 Å². The Morgan fingerprint density at radius 1 is 1.26 bits per heavy atom. The fourth-order valence-corrected chi connectivity index (χ4v) is 3.59. The first-order valence-electron chi connectivity index (χ1n) is 8.16. The molecule has 0 radical (unpaired) electrons. The Balaban J connectivity index is 1.52. The molecule has 3 rings (SSSR count). The van der Waals surface area contributed by atoms with Gasteiger partial charge in [-0.05, 0) is 42.2 Å². The van der Waals surface area contributed by atoms with Gasteiger partial charge in [0.2, 0.25) is 0 Å². The van der Waals surface area contributed by atoms with Crippen LogP contribution in [0.1, 0.15) is 30.4 Å². The van der Waals surface area contributed by atoms with Crippen LogP contribution in [0.5, 0.6) is 0 Å². The molecule has 0 aromatic heterocycles. The van der Waals surface area contributed by atoms with E-state index in [0.29, 0.717) is 36.8 Å². The Labute approximate surface area is 134 Å². The van der Waals surface area contributed by atoms with Crippen LogP contribution in [0.4, 0.5) is 13.2 Å². The zero-order chi connectivity index (χ0) is 16.4. The highest BCUT2D eigenvalue weighted by Crippen LogP contribution is 2.61. The van der Waals surface area contributed by atoms with Crippen molar-refractivity contribution < 1.29 is 13.2 Å². The van der Waals surface area contributed by atoms with Gasteiger partial charge in [-0.25, -0.2) is 0 Å². The second-order valence-electron chi connectivity index (χ2n) is 6.27. The molecule has 3 atom stereocenters. The highest BCUT2D eigenvalue weighted by molar-refractivity contribution is 5.79. The predicted octanol–water partition coefficient (Wildman–Crippen LogP) is 3.08. The number of benzene rings is 1. The number of alkyl halides is 3. The number of nitrogens with zero attached hydrogens (tertiary/aromatic N) is 1. The molecule has 3 nitrogen and oxygen atoms in total. The lowest BCUT2D eigenvalue weighted by Crippen LogP contribution is -2.39. The van der Waals surface area contributed by atoms with Crippen molar-refractivity contribution in [1.29, 1.82) is 0 Å². The average molecular weight is 325 g/mol. The Hall–Kier alpha value is -1.72. The minimum atomic E-state index is -4.14. The smallest absolute Gasteiger partial charge is 0.357 e. The summed E-state index contributed by atoms with van der Waals surface area (Å²) < 4.78 is 36.6. The summed E-state index contributed by atoms with van der Waals surface area (Å²) in [5.74, 6) is 2.26. The molecule has 0 amide bonds. The van der Waals surface area contributed by atoms with Crippen molar-refractivity contribution in [2.24, 2.45) is 16.8 Å². The van der Waals surface area contributed by atoms with E-state index in [1.165, 1.54) is 11.1 Å². The number of hydrogen-bond donors (Lipinski definition) is 2. The van der Waals surface area contributed by atoms with Crippen LogP contribution in [0.25, 0.3) is 0 Å². The third kappa shape index (κ3) is 3.79. The summed E-state index contributed by atoms with van der Waals surface area (Å²) in [5.41, 5.74) is 2.88. The first kappa shape index (κ1) is 16.1. The third-order valence-corrected chi connectivity index (χ3v) is 4.71. The van der Waals surface area contributed by atoms with E-state index in [9.17, 15) is 13.2 Å². The highest BCUT2D eigenvalue weighted by atomic mass is 19.4. The van der Waals surface area contributed by atoms with Crippen LogP contribution in [0, 0.1) is 11.8 Å². The zero-order valence-electron chi connectivity index (χ0n) is 13.2. The molecule has 0 saturated heterocycles. The molecule has 0 spiro atoms. The summed E-state index contributed by atoms with van der Waals surface area (Å²) in [6, 6.07) is 8.52. The third-order valence-electron chi connectivity index (χ3n) is 4.71. The number of fused-ring (bicyclic) bond motifs is 3. The van der Waals surface area contributed by atoms with Gasteiger partial charge in [-0.15, -0.1) is 0 Å². The number of nitrogens with one attached hydrogen (secondary N) is 2. The van der Waals surface area contributed by atoms with Crippen molar-refractivity contribution in [1.82, 2.24) is 10.6 Å². The van der Waals surface area contributed by atoms with Crippen molar-refractivity contribution in [2.75, 3.05) is 19.6 Å². The molecule has 3 unspecified atom stereocenters. The molecule has 126 valence electrons. The SMILES string of the molecule is CCNC(=NCC1C2Cc3ccccc3C12)NCCC(F)(F)F. The first-order chi connectivity index (χ1) is 11.0. The van der Waals surface area contributed by atoms with E-state index in [2.05, 4.69) is 39.9 Å². The first-order valence-corrected chi connectivity index (χ1v) is 8.16.